The third-order valence-corrected chi connectivity index (χ3v) is 3.70. The predicted molar refractivity (Wildman–Crippen MR) is 63.9 cm³/mol. The first-order valence-electron chi connectivity index (χ1n) is 4.78. The van der Waals surface area contributed by atoms with Gasteiger partial charge in [0.05, 0.1) is 11.4 Å². The smallest absolute Gasteiger partial charge is 0.232 e. The van der Waals surface area contributed by atoms with Crippen molar-refractivity contribution in [2.75, 3.05) is 16.4 Å². The van der Waals surface area contributed by atoms with Crippen LogP contribution in [0.25, 0.3) is 0 Å². The Bertz CT molecular complexity index is 462. The van der Waals surface area contributed by atoms with Crippen LogP contribution >= 0.6 is 11.6 Å². The molecule has 1 N–H and O–H groups in total. The van der Waals surface area contributed by atoms with Crippen molar-refractivity contribution in [3.05, 3.63) is 29.6 Å². The van der Waals surface area contributed by atoms with Crippen LogP contribution in [0.15, 0.2) is 18.2 Å². The zero-order chi connectivity index (χ0) is 12.2. The molecule has 0 saturated carbocycles. The molecular weight excluding hydrogens is 253 g/mol. The number of nitrogens with one attached hydrogen (secondary N) is 1. The number of hydrogen-bond donors (Lipinski definition) is 1. The molecule has 0 saturated heterocycles. The van der Waals surface area contributed by atoms with Crippen LogP contribution in [0.3, 0.4) is 0 Å². The molecule has 0 amide bonds. The fraction of sp³-hybridized carbons (Fsp3) is 0.400. The second-order valence-corrected chi connectivity index (χ2v) is 5.60. The number of hydrogen-bond acceptors (Lipinski definition) is 2. The Morgan fingerprint density at radius 1 is 1.44 bits per heavy atom. The molecular formula is C10H13ClFNO2S. The minimum Gasteiger partial charge on any atom is -0.283 e. The summed E-state index contributed by atoms with van der Waals surface area (Å²) >= 11 is 5.41. The van der Waals surface area contributed by atoms with Crippen molar-refractivity contribution in [1.29, 1.82) is 0 Å². The maximum absolute atomic E-state index is 13.2. The molecule has 0 unspecified atom stereocenters. The van der Waals surface area contributed by atoms with E-state index in [4.69, 9.17) is 11.6 Å². The zero-order valence-electron chi connectivity index (χ0n) is 8.83. The molecule has 3 nitrogen and oxygen atoms in total. The molecule has 1 aromatic rings. The average molecular weight is 266 g/mol. The van der Waals surface area contributed by atoms with Crippen LogP contribution in [0.4, 0.5) is 10.1 Å². The van der Waals surface area contributed by atoms with E-state index in [2.05, 4.69) is 4.72 Å². The van der Waals surface area contributed by atoms with Crippen LogP contribution in [-0.4, -0.2) is 20.1 Å². The maximum atomic E-state index is 13.2. The van der Waals surface area contributed by atoms with Gasteiger partial charge < -0.3 is 0 Å². The monoisotopic (exact) mass is 265 g/mol. The fourth-order valence-electron chi connectivity index (χ4n) is 1.18. The van der Waals surface area contributed by atoms with E-state index in [0.717, 1.165) is 0 Å². The predicted octanol–water partition coefficient (Wildman–Crippen LogP) is 2.50. The van der Waals surface area contributed by atoms with Gasteiger partial charge in [-0.1, -0.05) is 6.07 Å². The number of rotatable bonds is 5. The van der Waals surface area contributed by atoms with Crippen molar-refractivity contribution in [1.82, 2.24) is 0 Å². The van der Waals surface area contributed by atoms with E-state index in [9.17, 15) is 12.8 Å². The quantitative estimate of drug-likeness (QED) is 0.832. The van der Waals surface area contributed by atoms with Crippen molar-refractivity contribution in [3.63, 3.8) is 0 Å². The van der Waals surface area contributed by atoms with Crippen LogP contribution in [0.1, 0.15) is 12.0 Å². The highest BCUT2D eigenvalue weighted by molar-refractivity contribution is 7.92. The van der Waals surface area contributed by atoms with Crippen molar-refractivity contribution >= 4 is 27.3 Å². The SMILES string of the molecule is Cc1c(F)cccc1NS(=O)(=O)CCCCl. The molecule has 0 aromatic heterocycles. The second kappa shape index (κ2) is 5.50. The minimum absolute atomic E-state index is 0.0630. The minimum atomic E-state index is -3.44. The van der Waals surface area contributed by atoms with Crippen LogP contribution < -0.4 is 4.72 Å². The lowest BCUT2D eigenvalue weighted by molar-refractivity contribution is 0.599. The first-order valence-corrected chi connectivity index (χ1v) is 6.96. The number of alkyl halides is 1. The Morgan fingerprint density at radius 3 is 2.75 bits per heavy atom. The van der Waals surface area contributed by atoms with E-state index in [1.807, 2.05) is 0 Å². The van der Waals surface area contributed by atoms with Crippen molar-refractivity contribution in [3.8, 4) is 0 Å². The number of sulfonamides is 1. The van der Waals surface area contributed by atoms with E-state index in [0.29, 0.717) is 6.42 Å². The Morgan fingerprint density at radius 2 is 2.12 bits per heavy atom. The number of halogens is 2. The Labute approximate surface area is 99.7 Å². The number of benzene rings is 1. The van der Waals surface area contributed by atoms with Gasteiger partial charge in [0.1, 0.15) is 5.82 Å². The van der Waals surface area contributed by atoms with Gasteiger partial charge in [0.2, 0.25) is 10.0 Å². The standard InChI is InChI=1S/C10H13ClFNO2S/c1-8-9(12)4-2-5-10(8)13-16(14,15)7-3-6-11/h2,4-5,13H,3,6-7H2,1H3. The molecule has 0 spiro atoms. The summed E-state index contributed by atoms with van der Waals surface area (Å²) < 4.78 is 38.5. The van der Waals surface area contributed by atoms with Crippen LogP contribution in [0.2, 0.25) is 0 Å². The van der Waals surface area contributed by atoms with Crippen molar-refractivity contribution in [2.24, 2.45) is 0 Å². The van der Waals surface area contributed by atoms with Crippen molar-refractivity contribution < 1.29 is 12.8 Å². The molecule has 0 bridgehead atoms. The second-order valence-electron chi connectivity index (χ2n) is 3.38. The first-order chi connectivity index (χ1) is 7.46. The van der Waals surface area contributed by atoms with Gasteiger partial charge in [0, 0.05) is 11.4 Å². The zero-order valence-corrected chi connectivity index (χ0v) is 10.4. The highest BCUT2D eigenvalue weighted by Crippen LogP contribution is 2.18. The van der Waals surface area contributed by atoms with Crippen LogP contribution in [0, 0.1) is 12.7 Å². The summed E-state index contributed by atoms with van der Waals surface area (Å²) in [5.41, 5.74) is 0.562. The average Bonchev–Trinajstić information content (AvgIpc) is 2.22. The van der Waals surface area contributed by atoms with Gasteiger partial charge in [-0.2, -0.15) is 0 Å². The molecule has 1 aromatic carbocycles. The lowest BCUT2D eigenvalue weighted by Crippen LogP contribution is -2.17. The van der Waals surface area contributed by atoms with E-state index in [-0.39, 0.29) is 22.9 Å². The summed E-state index contributed by atoms with van der Waals surface area (Å²) in [5.74, 6) is -0.215. The Balaban J connectivity index is 2.84. The third kappa shape index (κ3) is 3.64. The molecule has 0 aliphatic rings. The molecule has 0 aliphatic carbocycles. The van der Waals surface area contributed by atoms with Gasteiger partial charge in [0.25, 0.3) is 0 Å². The van der Waals surface area contributed by atoms with Gasteiger partial charge in [-0.05, 0) is 25.5 Å². The van der Waals surface area contributed by atoms with Gasteiger partial charge in [0.15, 0.2) is 0 Å². The fourth-order valence-corrected chi connectivity index (χ4v) is 2.66. The molecule has 0 fully saturated rings. The Kier molecular flexibility index (Phi) is 4.56. The summed E-state index contributed by atoms with van der Waals surface area (Å²) in [7, 11) is -3.44. The lowest BCUT2D eigenvalue weighted by atomic mass is 10.2. The molecule has 0 heterocycles. The highest BCUT2D eigenvalue weighted by atomic mass is 35.5. The number of anilines is 1. The maximum Gasteiger partial charge on any atom is 0.232 e. The first kappa shape index (κ1) is 13.3. The van der Waals surface area contributed by atoms with Gasteiger partial charge in [-0.3, -0.25) is 4.72 Å². The van der Waals surface area contributed by atoms with Gasteiger partial charge >= 0.3 is 0 Å². The molecule has 90 valence electrons. The summed E-state index contributed by atoms with van der Waals surface area (Å²) in [6, 6.07) is 4.27. The molecule has 0 atom stereocenters. The van der Waals surface area contributed by atoms with Gasteiger partial charge in [-0.15, -0.1) is 11.6 Å². The largest absolute Gasteiger partial charge is 0.283 e. The Hall–Kier alpha value is -0.810. The van der Waals surface area contributed by atoms with Crippen molar-refractivity contribution in [2.45, 2.75) is 13.3 Å². The molecule has 0 aliphatic heterocycles. The lowest BCUT2D eigenvalue weighted by Gasteiger charge is -2.10. The van der Waals surface area contributed by atoms with E-state index < -0.39 is 15.8 Å². The van der Waals surface area contributed by atoms with Crippen LogP contribution in [-0.2, 0) is 10.0 Å². The van der Waals surface area contributed by atoms with E-state index in [1.165, 1.54) is 25.1 Å². The molecule has 1 rings (SSSR count). The summed E-state index contributed by atoms with van der Waals surface area (Å²) in [6.45, 7) is 1.52. The van der Waals surface area contributed by atoms with E-state index >= 15 is 0 Å². The third-order valence-electron chi connectivity index (χ3n) is 2.08. The molecule has 6 heteroatoms. The summed E-state index contributed by atoms with van der Waals surface area (Å²) in [4.78, 5) is 0. The normalized spacial score (nSPS) is 11.4. The molecule has 16 heavy (non-hydrogen) atoms. The topological polar surface area (TPSA) is 46.2 Å². The summed E-state index contributed by atoms with van der Waals surface area (Å²) in [6.07, 6.45) is 0.366. The summed E-state index contributed by atoms with van der Waals surface area (Å²) in [5, 5.41) is 0. The highest BCUT2D eigenvalue weighted by Gasteiger charge is 2.12. The van der Waals surface area contributed by atoms with E-state index in [1.54, 1.807) is 0 Å². The van der Waals surface area contributed by atoms with Crippen LogP contribution in [0.5, 0.6) is 0 Å². The van der Waals surface area contributed by atoms with Gasteiger partial charge in [-0.25, -0.2) is 12.8 Å². The molecule has 0 radical (unpaired) electrons.